The standard InChI is InChI=1S/C20H24OSe/c1-21-15-12-10-14(11-13-15)20-16-6-2-4-8-18(16)22-19-9-5-3-7-17(19)20/h10-13,20H,2-9H2,1H3. The van der Waals surface area contributed by atoms with Gasteiger partial charge in [0.05, 0.1) is 0 Å². The van der Waals surface area contributed by atoms with E-state index in [2.05, 4.69) is 24.3 Å². The molecular formula is C20H24OSe. The second-order valence-electron chi connectivity index (χ2n) is 6.62. The van der Waals surface area contributed by atoms with Crippen LogP contribution in [0.4, 0.5) is 0 Å². The van der Waals surface area contributed by atoms with Gasteiger partial charge in [-0.1, -0.05) is 0 Å². The van der Waals surface area contributed by atoms with Crippen LogP contribution in [0.5, 0.6) is 5.75 Å². The molecular weight excluding hydrogens is 335 g/mol. The molecule has 0 bridgehead atoms. The van der Waals surface area contributed by atoms with Crippen molar-refractivity contribution in [3.63, 3.8) is 0 Å². The number of hydrogen-bond donors (Lipinski definition) is 0. The number of rotatable bonds is 2. The molecule has 0 radical (unpaired) electrons. The second-order valence-corrected chi connectivity index (χ2v) is 9.12. The van der Waals surface area contributed by atoms with Gasteiger partial charge in [-0.15, -0.1) is 0 Å². The first-order chi connectivity index (χ1) is 10.9. The summed E-state index contributed by atoms with van der Waals surface area (Å²) in [6, 6.07) is 8.89. The van der Waals surface area contributed by atoms with Crippen LogP contribution in [0.15, 0.2) is 44.4 Å². The van der Waals surface area contributed by atoms with Crippen molar-refractivity contribution >= 4 is 15.0 Å². The van der Waals surface area contributed by atoms with Crippen LogP contribution in [0.3, 0.4) is 0 Å². The van der Waals surface area contributed by atoms with E-state index < -0.39 is 0 Å². The van der Waals surface area contributed by atoms with Crippen LogP contribution in [-0.2, 0) is 0 Å². The van der Waals surface area contributed by atoms with E-state index in [1.807, 2.05) is 8.94 Å². The van der Waals surface area contributed by atoms with E-state index in [1.165, 1.54) is 56.9 Å². The third kappa shape index (κ3) is 2.57. The van der Waals surface area contributed by atoms with Gasteiger partial charge in [-0.05, 0) is 0 Å². The Morgan fingerprint density at radius 3 is 1.91 bits per heavy atom. The van der Waals surface area contributed by atoms with Crippen LogP contribution < -0.4 is 4.74 Å². The molecule has 0 amide bonds. The van der Waals surface area contributed by atoms with Crippen LogP contribution >= 0.6 is 0 Å². The first kappa shape index (κ1) is 14.6. The minimum atomic E-state index is 0.604. The Kier molecular flexibility index (Phi) is 4.15. The summed E-state index contributed by atoms with van der Waals surface area (Å²) in [5.74, 6) is 1.58. The van der Waals surface area contributed by atoms with Gasteiger partial charge in [0.1, 0.15) is 0 Å². The van der Waals surface area contributed by atoms with Gasteiger partial charge in [0, 0.05) is 0 Å². The monoisotopic (exact) mass is 360 g/mol. The summed E-state index contributed by atoms with van der Waals surface area (Å²) in [6.45, 7) is 0. The summed E-state index contributed by atoms with van der Waals surface area (Å²) < 4.78 is 9.04. The molecule has 1 aromatic rings. The third-order valence-electron chi connectivity index (χ3n) is 5.31. The van der Waals surface area contributed by atoms with Crippen molar-refractivity contribution in [2.45, 2.75) is 57.3 Å². The SMILES string of the molecule is COc1ccc(C2C3=C(CCCC3)[Se]C3=C2CCCC3)cc1. The number of methoxy groups -OCH3 is 1. The van der Waals surface area contributed by atoms with Gasteiger partial charge in [-0.25, -0.2) is 0 Å². The van der Waals surface area contributed by atoms with Crippen molar-refractivity contribution in [1.29, 1.82) is 0 Å². The normalized spacial score (nSPS) is 22.4. The Bertz CT molecular complexity index is 592. The van der Waals surface area contributed by atoms with Gasteiger partial charge in [0.2, 0.25) is 0 Å². The van der Waals surface area contributed by atoms with Crippen LogP contribution in [0.25, 0.3) is 0 Å². The molecule has 0 spiro atoms. The van der Waals surface area contributed by atoms with Gasteiger partial charge in [0.25, 0.3) is 0 Å². The van der Waals surface area contributed by atoms with Crippen molar-refractivity contribution < 1.29 is 4.74 Å². The zero-order chi connectivity index (χ0) is 14.9. The summed E-state index contributed by atoms with van der Waals surface area (Å²) in [6.07, 6.45) is 11.0. The summed E-state index contributed by atoms with van der Waals surface area (Å²) in [5.41, 5.74) is 5.11. The molecule has 0 aromatic heterocycles. The molecule has 22 heavy (non-hydrogen) atoms. The van der Waals surface area contributed by atoms with E-state index in [-0.39, 0.29) is 0 Å². The van der Waals surface area contributed by atoms with Crippen molar-refractivity contribution in [2.24, 2.45) is 0 Å². The zero-order valence-electron chi connectivity index (χ0n) is 13.4. The van der Waals surface area contributed by atoms with E-state index >= 15 is 0 Å². The molecule has 2 aliphatic carbocycles. The fourth-order valence-electron chi connectivity index (χ4n) is 4.20. The molecule has 1 aliphatic heterocycles. The summed E-state index contributed by atoms with van der Waals surface area (Å²) in [4.78, 5) is 0. The van der Waals surface area contributed by atoms with E-state index in [9.17, 15) is 0 Å². The molecule has 0 fully saturated rings. The quantitative estimate of drug-likeness (QED) is 0.664. The molecule has 0 atom stereocenters. The Morgan fingerprint density at radius 1 is 0.818 bits per heavy atom. The number of allylic oxidation sites excluding steroid dienone is 4. The first-order valence-electron chi connectivity index (χ1n) is 8.62. The summed E-state index contributed by atoms with van der Waals surface area (Å²) in [7, 11) is 1.75. The predicted molar refractivity (Wildman–Crippen MR) is 92.5 cm³/mol. The van der Waals surface area contributed by atoms with Crippen LogP contribution in [0.1, 0.15) is 62.8 Å². The fraction of sp³-hybridized carbons (Fsp3) is 0.500. The van der Waals surface area contributed by atoms with E-state index in [0.717, 1.165) is 5.75 Å². The molecule has 116 valence electrons. The number of benzene rings is 1. The minimum absolute atomic E-state index is 0.604. The molecule has 2 heteroatoms. The predicted octanol–water partition coefficient (Wildman–Crippen LogP) is 5.15. The molecule has 1 nitrogen and oxygen atoms in total. The Labute approximate surface area is 140 Å². The van der Waals surface area contributed by atoms with Crippen molar-refractivity contribution in [3.05, 3.63) is 49.9 Å². The molecule has 0 N–H and O–H groups in total. The van der Waals surface area contributed by atoms with Gasteiger partial charge >= 0.3 is 140 Å². The topological polar surface area (TPSA) is 9.23 Å². The van der Waals surface area contributed by atoms with Crippen molar-refractivity contribution in [1.82, 2.24) is 0 Å². The van der Waals surface area contributed by atoms with E-state index in [4.69, 9.17) is 4.74 Å². The molecule has 4 rings (SSSR count). The van der Waals surface area contributed by atoms with Gasteiger partial charge < -0.3 is 0 Å². The van der Waals surface area contributed by atoms with E-state index in [0.29, 0.717) is 20.9 Å². The van der Waals surface area contributed by atoms with Gasteiger partial charge in [0.15, 0.2) is 0 Å². The van der Waals surface area contributed by atoms with Crippen molar-refractivity contribution in [2.75, 3.05) is 7.11 Å². The maximum atomic E-state index is 5.35. The van der Waals surface area contributed by atoms with Crippen LogP contribution in [0.2, 0.25) is 0 Å². The molecule has 0 saturated heterocycles. The Morgan fingerprint density at radius 2 is 1.36 bits per heavy atom. The molecule has 0 unspecified atom stereocenters. The average molecular weight is 359 g/mol. The van der Waals surface area contributed by atoms with Crippen LogP contribution in [0, 0.1) is 0 Å². The molecule has 0 saturated carbocycles. The van der Waals surface area contributed by atoms with E-state index in [1.54, 1.807) is 18.3 Å². The number of hydrogen-bond acceptors (Lipinski definition) is 1. The molecule has 1 aromatic carbocycles. The zero-order valence-corrected chi connectivity index (χ0v) is 15.1. The third-order valence-corrected chi connectivity index (χ3v) is 8.30. The summed E-state index contributed by atoms with van der Waals surface area (Å²) >= 11 is 0.675. The molecule has 1 heterocycles. The molecule has 3 aliphatic rings. The van der Waals surface area contributed by atoms with Gasteiger partial charge in [-0.3, -0.25) is 0 Å². The van der Waals surface area contributed by atoms with Crippen LogP contribution in [-0.4, -0.2) is 22.1 Å². The Balaban J connectivity index is 1.77. The number of ether oxygens (including phenoxy) is 1. The second kappa shape index (κ2) is 6.26. The van der Waals surface area contributed by atoms with Crippen molar-refractivity contribution in [3.8, 4) is 5.75 Å². The Hall–Kier alpha value is -0.981. The first-order valence-corrected chi connectivity index (χ1v) is 10.3. The summed E-state index contributed by atoms with van der Waals surface area (Å²) in [5, 5.41) is 0. The average Bonchev–Trinajstić information content (AvgIpc) is 2.60. The maximum absolute atomic E-state index is 5.35. The fourth-order valence-corrected chi connectivity index (χ4v) is 7.33. The van der Waals surface area contributed by atoms with Gasteiger partial charge in [-0.2, -0.15) is 0 Å².